The Morgan fingerprint density at radius 1 is 1.60 bits per heavy atom. The number of ether oxygens (including phenoxy) is 2. The first-order valence-electron chi connectivity index (χ1n) is 7.38. The molecule has 5 atom stereocenters. The van der Waals surface area contributed by atoms with E-state index in [9.17, 15) is 9.59 Å². The standard InChI is InChI=1S/C15H21NO4/c1-4-9(3)16-8-15-7-6-10(20-15)11(12(15)13(16)17)14(18)19-5-2/h6-7,9-12H,4-5,8H2,1-3H3/t9-,10+,11-,12+,15-/m1/s1. The fourth-order valence-corrected chi connectivity index (χ4v) is 3.63. The highest BCUT2D eigenvalue weighted by molar-refractivity contribution is 5.91. The van der Waals surface area contributed by atoms with Gasteiger partial charge in [0.2, 0.25) is 5.91 Å². The van der Waals surface area contributed by atoms with Gasteiger partial charge in [-0.15, -0.1) is 0 Å². The number of rotatable bonds is 4. The lowest BCUT2D eigenvalue weighted by molar-refractivity contribution is -0.153. The Morgan fingerprint density at radius 3 is 3.00 bits per heavy atom. The van der Waals surface area contributed by atoms with Gasteiger partial charge in [-0.3, -0.25) is 9.59 Å². The highest BCUT2D eigenvalue weighted by Crippen LogP contribution is 2.52. The van der Waals surface area contributed by atoms with E-state index in [0.29, 0.717) is 13.2 Å². The average Bonchev–Trinajstić information content (AvgIpc) is 3.06. The molecule has 0 aromatic carbocycles. The molecule has 20 heavy (non-hydrogen) atoms. The number of esters is 1. The Labute approximate surface area is 118 Å². The van der Waals surface area contributed by atoms with Gasteiger partial charge in [0.05, 0.1) is 25.2 Å². The number of hydrogen-bond donors (Lipinski definition) is 0. The first kappa shape index (κ1) is 13.6. The Morgan fingerprint density at radius 2 is 2.35 bits per heavy atom. The molecule has 2 bridgehead atoms. The van der Waals surface area contributed by atoms with Crippen molar-refractivity contribution in [2.45, 2.75) is 44.9 Å². The molecule has 0 aliphatic carbocycles. The minimum atomic E-state index is -0.609. The molecule has 0 unspecified atom stereocenters. The maximum Gasteiger partial charge on any atom is 0.312 e. The van der Waals surface area contributed by atoms with Crippen molar-refractivity contribution in [1.82, 2.24) is 4.90 Å². The summed E-state index contributed by atoms with van der Waals surface area (Å²) >= 11 is 0. The summed E-state index contributed by atoms with van der Waals surface area (Å²) in [6.45, 7) is 6.74. The number of hydrogen-bond acceptors (Lipinski definition) is 4. The lowest BCUT2D eigenvalue weighted by Crippen LogP contribution is -2.41. The second-order valence-corrected chi connectivity index (χ2v) is 5.88. The van der Waals surface area contributed by atoms with Crippen LogP contribution in [0.15, 0.2) is 12.2 Å². The highest BCUT2D eigenvalue weighted by atomic mass is 16.6. The molecule has 5 heteroatoms. The number of amides is 1. The van der Waals surface area contributed by atoms with Crippen molar-refractivity contribution in [2.75, 3.05) is 13.2 Å². The van der Waals surface area contributed by atoms with Crippen LogP contribution in [-0.4, -0.2) is 47.7 Å². The van der Waals surface area contributed by atoms with Crippen molar-refractivity contribution in [3.63, 3.8) is 0 Å². The summed E-state index contributed by atoms with van der Waals surface area (Å²) in [5.41, 5.74) is -0.609. The molecule has 110 valence electrons. The van der Waals surface area contributed by atoms with Crippen LogP contribution >= 0.6 is 0 Å². The highest BCUT2D eigenvalue weighted by Gasteiger charge is 2.67. The van der Waals surface area contributed by atoms with E-state index in [1.807, 2.05) is 24.0 Å². The fourth-order valence-electron chi connectivity index (χ4n) is 3.63. The lowest BCUT2D eigenvalue weighted by Gasteiger charge is -2.26. The van der Waals surface area contributed by atoms with Crippen LogP contribution in [0.5, 0.6) is 0 Å². The zero-order chi connectivity index (χ0) is 14.5. The molecular formula is C15H21NO4. The van der Waals surface area contributed by atoms with Gasteiger partial charge in [0.25, 0.3) is 0 Å². The molecule has 2 saturated heterocycles. The monoisotopic (exact) mass is 279 g/mol. The van der Waals surface area contributed by atoms with E-state index >= 15 is 0 Å². The third-order valence-corrected chi connectivity index (χ3v) is 4.81. The van der Waals surface area contributed by atoms with Gasteiger partial charge < -0.3 is 14.4 Å². The van der Waals surface area contributed by atoms with Crippen LogP contribution in [0.2, 0.25) is 0 Å². The zero-order valence-electron chi connectivity index (χ0n) is 12.2. The van der Waals surface area contributed by atoms with Crippen LogP contribution in [-0.2, 0) is 19.1 Å². The van der Waals surface area contributed by atoms with E-state index in [1.165, 1.54) is 0 Å². The summed E-state index contributed by atoms with van der Waals surface area (Å²) < 4.78 is 11.1. The minimum Gasteiger partial charge on any atom is -0.466 e. The van der Waals surface area contributed by atoms with Gasteiger partial charge in [0.1, 0.15) is 11.5 Å². The molecule has 0 aromatic heterocycles. The summed E-state index contributed by atoms with van der Waals surface area (Å²) in [6.07, 6.45) is 4.47. The van der Waals surface area contributed by atoms with Crippen molar-refractivity contribution in [2.24, 2.45) is 11.8 Å². The molecule has 0 aromatic rings. The van der Waals surface area contributed by atoms with Gasteiger partial charge in [0, 0.05) is 6.04 Å². The third-order valence-electron chi connectivity index (χ3n) is 4.81. The van der Waals surface area contributed by atoms with Crippen molar-refractivity contribution in [1.29, 1.82) is 0 Å². The van der Waals surface area contributed by atoms with E-state index in [1.54, 1.807) is 6.92 Å². The van der Waals surface area contributed by atoms with Crippen LogP contribution in [0, 0.1) is 11.8 Å². The predicted octanol–water partition coefficient (Wildman–Crippen LogP) is 1.13. The molecule has 5 nitrogen and oxygen atoms in total. The topological polar surface area (TPSA) is 55.8 Å². The van der Waals surface area contributed by atoms with Crippen LogP contribution in [0.4, 0.5) is 0 Å². The molecule has 3 heterocycles. The summed E-state index contributed by atoms with van der Waals surface area (Å²) in [4.78, 5) is 26.7. The van der Waals surface area contributed by atoms with Gasteiger partial charge >= 0.3 is 5.97 Å². The number of nitrogens with zero attached hydrogens (tertiary/aromatic N) is 1. The molecule has 0 saturated carbocycles. The number of carbonyl (C=O) groups excluding carboxylic acids is 2. The maximum absolute atomic E-state index is 12.7. The second-order valence-electron chi connectivity index (χ2n) is 5.88. The van der Waals surface area contributed by atoms with Gasteiger partial charge in [-0.25, -0.2) is 0 Å². The Hall–Kier alpha value is -1.36. The summed E-state index contributed by atoms with van der Waals surface area (Å²) in [6, 6.07) is 0.168. The first-order valence-corrected chi connectivity index (χ1v) is 7.38. The van der Waals surface area contributed by atoms with Gasteiger partial charge in [-0.2, -0.15) is 0 Å². The van der Waals surface area contributed by atoms with E-state index in [-0.39, 0.29) is 24.0 Å². The van der Waals surface area contributed by atoms with E-state index in [4.69, 9.17) is 9.47 Å². The molecule has 0 radical (unpaired) electrons. The zero-order valence-corrected chi connectivity index (χ0v) is 12.2. The average molecular weight is 279 g/mol. The molecule has 3 aliphatic heterocycles. The molecule has 3 rings (SSSR count). The largest absolute Gasteiger partial charge is 0.466 e. The molecule has 2 fully saturated rings. The fraction of sp³-hybridized carbons (Fsp3) is 0.733. The van der Waals surface area contributed by atoms with Crippen LogP contribution in [0.25, 0.3) is 0 Å². The van der Waals surface area contributed by atoms with E-state index in [2.05, 4.69) is 6.92 Å². The third kappa shape index (κ3) is 1.65. The normalized spacial score (nSPS) is 39.2. The molecule has 0 N–H and O–H groups in total. The van der Waals surface area contributed by atoms with Crippen LogP contribution < -0.4 is 0 Å². The second kappa shape index (κ2) is 4.58. The van der Waals surface area contributed by atoms with Crippen molar-refractivity contribution >= 4 is 11.9 Å². The Balaban J connectivity index is 1.90. The Kier molecular flexibility index (Phi) is 3.12. The predicted molar refractivity (Wildman–Crippen MR) is 71.8 cm³/mol. The van der Waals surface area contributed by atoms with Crippen molar-refractivity contribution in [3.05, 3.63) is 12.2 Å². The molecular weight excluding hydrogens is 258 g/mol. The van der Waals surface area contributed by atoms with Gasteiger partial charge in [-0.05, 0) is 20.3 Å². The summed E-state index contributed by atoms with van der Waals surface area (Å²) in [5.74, 6) is -1.18. The Bertz CT molecular complexity index is 474. The number of likely N-dealkylation sites (tertiary alicyclic amines) is 1. The van der Waals surface area contributed by atoms with Crippen LogP contribution in [0.3, 0.4) is 0 Å². The number of carbonyl (C=O) groups is 2. The summed E-state index contributed by atoms with van der Waals surface area (Å²) in [7, 11) is 0. The molecule has 1 amide bonds. The molecule has 1 spiro atoms. The molecule has 3 aliphatic rings. The SMILES string of the molecule is CCOC(=O)[C@@H]1[C@@H]2C=C[C@]3(CN([C@H](C)CC)C(=O)[C@H]13)O2. The number of fused-ring (bicyclic) bond motifs is 1. The van der Waals surface area contributed by atoms with Gasteiger partial charge in [0.15, 0.2) is 0 Å². The minimum absolute atomic E-state index is 0.0317. The first-order chi connectivity index (χ1) is 9.54. The van der Waals surface area contributed by atoms with Crippen molar-refractivity contribution in [3.8, 4) is 0 Å². The quantitative estimate of drug-likeness (QED) is 0.572. The smallest absolute Gasteiger partial charge is 0.312 e. The van der Waals surface area contributed by atoms with E-state index in [0.717, 1.165) is 6.42 Å². The van der Waals surface area contributed by atoms with E-state index < -0.39 is 17.4 Å². The van der Waals surface area contributed by atoms with Gasteiger partial charge in [-0.1, -0.05) is 19.1 Å². The summed E-state index contributed by atoms with van der Waals surface area (Å²) in [5, 5.41) is 0. The maximum atomic E-state index is 12.7. The van der Waals surface area contributed by atoms with Crippen LogP contribution in [0.1, 0.15) is 27.2 Å². The van der Waals surface area contributed by atoms with Crippen molar-refractivity contribution < 1.29 is 19.1 Å². The lowest BCUT2D eigenvalue weighted by atomic mass is 9.77.